The number of rotatable bonds is 5. The lowest BCUT2D eigenvalue weighted by Crippen LogP contribution is -2.29. The summed E-state index contributed by atoms with van der Waals surface area (Å²) in [6.07, 6.45) is 5.07. The maximum Gasteiger partial charge on any atom is 0.341 e. The molecule has 0 saturated carbocycles. The molecule has 33 heavy (non-hydrogen) atoms. The van der Waals surface area contributed by atoms with Crippen LogP contribution in [0, 0.1) is 0 Å². The summed E-state index contributed by atoms with van der Waals surface area (Å²) in [5.41, 5.74) is 6.21. The Morgan fingerprint density at radius 2 is 1.76 bits per heavy atom. The third kappa shape index (κ3) is 4.59. The van der Waals surface area contributed by atoms with E-state index in [1.807, 2.05) is 24.3 Å². The number of nitrogens with one attached hydrogen (secondary N) is 1. The van der Waals surface area contributed by atoms with E-state index in [9.17, 15) is 9.59 Å². The Balaban J connectivity index is 1.27. The fraction of sp³-hybridized carbons (Fsp3) is 0.333. The maximum absolute atomic E-state index is 13.0. The number of anilines is 1. The first-order valence-corrected chi connectivity index (χ1v) is 12.4. The molecule has 2 aliphatic rings. The first-order valence-electron chi connectivity index (χ1n) is 11.5. The third-order valence-electron chi connectivity index (χ3n) is 6.62. The zero-order chi connectivity index (χ0) is 22.8. The highest BCUT2D eigenvalue weighted by molar-refractivity contribution is 7.17. The minimum atomic E-state index is -0.372. The Morgan fingerprint density at radius 3 is 2.55 bits per heavy atom. The van der Waals surface area contributed by atoms with Crippen molar-refractivity contribution >= 4 is 28.2 Å². The lowest BCUT2D eigenvalue weighted by Gasteiger charge is -2.28. The van der Waals surface area contributed by atoms with E-state index >= 15 is 0 Å². The van der Waals surface area contributed by atoms with Crippen LogP contribution in [0.3, 0.4) is 0 Å². The summed E-state index contributed by atoms with van der Waals surface area (Å²) >= 11 is 1.51. The van der Waals surface area contributed by atoms with Gasteiger partial charge in [-0.05, 0) is 66.5 Å². The fourth-order valence-electron chi connectivity index (χ4n) is 4.86. The molecule has 0 spiro atoms. The summed E-state index contributed by atoms with van der Waals surface area (Å²) in [7, 11) is 1.39. The molecular weight excluding hydrogens is 432 g/mol. The molecule has 0 fully saturated rings. The fourth-order valence-corrected chi connectivity index (χ4v) is 6.13. The molecule has 3 aromatic rings. The van der Waals surface area contributed by atoms with Crippen LogP contribution in [-0.2, 0) is 37.1 Å². The van der Waals surface area contributed by atoms with Gasteiger partial charge in [0.2, 0.25) is 0 Å². The normalized spacial score (nSPS) is 15.4. The Kier molecular flexibility index (Phi) is 6.29. The van der Waals surface area contributed by atoms with Gasteiger partial charge in [0.15, 0.2) is 0 Å². The highest BCUT2D eigenvalue weighted by atomic mass is 32.1. The quantitative estimate of drug-likeness (QED) is 0.530. The molecule has 0 atom stereocenters. The zero-order valence-electron chi connectivity index (χ0n) is 18.9. The van der Waals surface area contributed by atoms with Crippen molar-refractivity contribution in [2.24, 2.45) is 0 Å². The van der Waals surface area contributed by atoms with Crippen molar-refractivity contribution in [2.75, 3.05) is 19.0 Å². The summed E-state index contributed by atoms with van der Waals surface area (Å²) in [6.45, 7) is 2.86. The number of nitrogens with zero attached hydrogens (tertiary/aromatic N) is 1. The first-order chi connectivity index (χ1) is 16.1. The van der Waals surface area contributed by atoms with Crippen LogP contribution in [0.15, 0.2) is 48.5 Å². The number of esters is 1. The van der Waals surface area contributed by atoms with Gasteiger partial charge in [-0.15, -0.1) is 11.3 Å². The van der Waals surface area contributed by atoms with Crippen LogP contribution in [0.4, 0.5) is 5.00 Å². The second-order valence-electron chi connectivity index (χ2n) is 8.79. The summed E-state index contributed by atoms with van der Waals surface area (Å²) in [6, 6.07) is 16.4. The molecule has 1 N–H and O–H groups in total. The topological polar surface area (TPSA) is 58.6 Å². The Labute approximate surface area is 198 Å². The van der Waals surface area contributed by atoms with Crippen LogP contribution in [-0.4, -0.2) is 30.4 Å². The van der Waals surface area contributed by atoms with Crippen LogP contribution >= 0.6 is 11.3 Å². The highest BCUT2D eigenvalue weighted by Gasteiger charge is 2.27. The van der Waals surface area contributed by atoms with Crippen molar-refractivity contribution in [2.45, 2.75) is 45.2 Å². The van der Waals surface area contributed by atoms with Crippen LogP contribution in [0.1, 0.15) is 60.7 Å². The predicted molar refractivity (Wildman–Crippen MR) is 131 cm³/mol. The van der Waals surface area contributed by atoms with Crippen LogP contribution in [0.5, 0.6) is 0 Å². The molecule has 1 aliphatic heterocycles. The molecule has 2 aromatic carbocycles. The van der Waals surface area contributed by atoms with Crippen LogP contribution in [0.25, 0.3) is 0 Å². The molecule has 5 rings (SSSR count). The number of aryl methyl sites for hydroxylation is 1. The van der Waals surface area contributed by atoms with E-state index in [2.05, 4.69) is 34.5 Å². The largest absolute Gasteiger partial charge is 0.465 e. The second kappa shape index (κ2) is 9.49. The number of benzene rings is 2. The molecule has 1 aliphatic carbocycles. The SMILES string of the molecule is COC(=O)c1c(NC(=O)c2ccc(CN3CCc4ccccc4C3)cc2)sc2c1CCCC2. The molecule has 0 radical (unpaired) electrons. The number of hydrogen-bond acceptors (Lipinski definition) is 5. The lowest BCUT2D eigenvalue weighted by molar-refractivity contribution is 0.0601. The molecule has 6 heteroatoms. The third-order valence-corrected chi connectivity index (χ3v) is 7.83. The van der Waals surface area contributed by atoms with Crippen molar-refractivity contribution in [1.29, 1.82) is 0 Å². The van der Waals surface area contributed by atoms with E-state index in [0.29, 0.717) is 16.1 Å². The van der Waals surface area contributed by atoms with Crippen molar-refractivity contribution in [1.82, 2.24) is 4.90 Å². The zero-order valence-corrected chi connectivity index (χ0v) is 19.7. The maximum atomic E-state index is 13.0. The standard InChI is InChI=1S/C27H28N2O3S/c1-32-27(31)24-22-8-4-5-9-23(22)33-26(24)28-25(30)20-12-10-18(11-13-20)16-29-15-14-19-6-2-3-7-21(19)17-29/h2-3,6-7,10-13H,4-5,8-9,14-17H2,1H3,(H,28,30). The molecule has 170 valence electrons. The number of methoxy groups -OCH3 is 1. The van der Waals surface area contributed by atoms with Gasteiger partial charge in [0.05, 0.1) is 12.7 Å². The van der Waals surface area contributed by atoms with E-state index in [1.165, 1.54) is 40.0 Å². The summed E-state index contributed by atoms with van der Waals surface area (Å²) in [4.78, 5) is 29.0. The number of carbonyl (C=O) groups excluding carboxylic acids is 2. The van der Waals surface area contributed by atoms with Gasteiger partial charge in [-0.25, -0.2) is 4.79 Å². The van der Waals surface area contributed by atoms with Crippen molar-refractivity contribution in [3.05, 3.63) is 86.8 Å². The summed E-state index contributed by atoms with van der Waals surface area (Å²) < 4.78 is 5.01. The average molecular weight is 461 g/mol. The number of fused-ring (bicyclic) bond motifs is 2. The molecule has 1 aromatic heterocycles. The first kappa shape index (κ1) is 21.9. The Bertz CT molecular complexity index is 1180. The van der Waals surface area contributed by atoms with Gasteiger partial charge in [0, 0.05) is 30.1 Å². The van der Waals surface area contributed by atoms with Crippen molar-refractivity contribution in [3.63, 3.8) is 0 Å². The molecule has 0 unspecified atom stereocenters. The molecule has 0 saturated heterocycles. The van der Waals surface area contributed by atoms with E-state index < -0.39 is 0 Å². The number of ether oxygens (including phenoxy) is 1. The highest BCUT2D eigenvalue weighted by Crippen LogP contribution is 2.38. The summed E-state index contributed by atoms with van der Waals surface area (Å²) in [5, 5.41) is 3.59. The summed E-state index contributed by atoms with van der Waals surface area (Å²) in [5.74, 6) is -0.569. The smallest absolute Gasteiger partial charge is 0.341 e. The van der Waals surface area contributed by atoms with Crippen molar-refractivity contribution < 1.29 is 14.3 Å². The number of hydrogen-bond donors (Lipinski definition) is 1. The van der Waals surface area contributed by atoms with Crippen molar-refractivity contribution in [3.8, 4) is 0 Å². The number of thiophene rings is 1. The minimum absolute atomic E-state index is 0.197. The Hall–Kier alpha value is -2.96. The minimum Gasteiger partial charge on any atom is -0.465 e. The van der Waals surface area contributed by atoms with Gasteiger partial charge in [0.1, 0.15) is 5.00 Å². The lowest BCUT2D eigenvalue weighted by atomic mass is 9.95. The van der Waals surface area contributed by atoms with E-state index in [0.717, 1.165) is 57.3 Å². The molecule has 1 amide bonds. The Morgan fingerprint density at radius 1 is 1.00 bits per heavy atom. The number of amides is 1. The van der Waals surface area contributed by atoms with Gasteiger partial charge >= 0.3 is 5.97 Å². The number of carbonyl (C=O) groups is 2. The van der Waals surface area contributed by atoms with Gasteiger partial charge in [-0.2, -0.15) is 0 Å². The van der Waals surface area contributed by atoms with E-state index in [1.54, 1.807) is 0 Å². The van der Waals surface area contributed by atoms with Gasteiger partial charge in [0.25, 0.3) is 5.91 Å². The average Bonchev–Trinajstić information content (AvgIpc) is 3.21. The molecule has 0 bridgehead atoms. The van der Waals surface area contributed by atoms with Gasteiger partial charge < -0.3 is 10.1 Å². The molecular formula is C27H28N2O3S. The van der Waals surface area contributed by atoms with E-state index in [4.69, 9.17) is 4.74 Å². The monoisotopic (exact) mass is 460 g/mol. The van der Waals surface area contributed by atoms with E-state index in [-0.39, 0.29) is 11.9 Å². The van der Waals surface area contributed by atoms with Crippen LogP contribution < -0.4 is 5.32 Å². The second-order valence-corrected chi connectivity index (χ2v) is 9.89. The van der Waals surface area contributed by atoms with Crippen LogP contribution in [0.2, 0.25) is 0 Å². The molecule has 2 heterocycles. The molecule has 5 nitrogen and oxygen atoms in total. The van der Waals surface area contributed by atoms with Gasteiger partial charge in [-0.1, -0.05) is 36.4 Å². The predicted octanol–water partition coefficient (Wildman–Crippen LogP) is 5.22. The van der Waals surface area contributed by atoms with Gasteiger partial charge in [-0.3, -0.25) is 9.69 Å².